The van der Waals surface area contributed by atoms with Crippen LogP contribution in [0.4, 0.5) is 0 Å². The Balaban J connectivity index is 1.97. The molecule has 0 saturated carbocycles. The summed E-state index contributed by atoms with van der Waals surface area (Å²) in [5, 5.41) is 2.77. The number of aryl methyl sites for hydroxylation is 1. The van der Waals surface area contributed by atoms with Crippen molar-refractivity contribution in [3.8, 4) is 0 Å². The fraction of sp³-hybridized carbons (Fsp3) is 0.278. The predicted octanol–water partition coefficient (Wildman–Crippen LogP) is 2.07. The number of amides is 1. The smallest absolute Gasteiger partial charge is 0.235 e. The van der Waals surface area contributed by atoms with Crippen LogP contribution in [0.15, 0.2) is 54.6 Å². The van der Waals surface area contributed by atoms with Gasteiger partial charge in [-0.2, -0.15) is 4.31 Å². The lowest BCUT2D eigenvalue weighted by Gasteiger charge is -2.19. The molecule has 0 fully saturated rings. The van der Waals surface area contributed by atoms with Crippen LogP contribution in [-0.2, 0) is 27.9 Å². The average Bonchev–Trinajstić information content (AvgIpc) is 2.52. The van der Waals surface area contributed by atoms with Crippen molar-refractivity contribution in [1.82, 2.24) is 9.62 Å². The summed E-state index contributed by atoms with van der Waals surface area (Å²) in [4.78, 5) is 12.1. The van der Waals surface area contributed by atoms with Crippen molar-refractivity contribution in [3.63, 3.8) is 0 Å². The third kappa shape index (κ3) is 5.79. The molecule has 0 unspecified atom stereocenters. The summed E-state index contributed by atoms with van der Waals surface area (Å²) in [6.45, 7) is 2.34. The van der Waals surface area contributed by atoms with Gasteiger partial charge >= 0.3 is 0 Å². The highest BCUT2D eigenvalue weighted by atomic mass is 32.2. The van der Waals surface area contributed by atoms with Crippen LogP contribution in [0.1, 0.15) is 16.7 Å². The van der Waals surface area contributed by atoms with E-state index in [2.05, 4.69) is 5.32 Å². The quantitative estimate of drug-likeness (QED) is 0.835. The Morgan fingerprint density at radius 1 is 1.04 bits per heavy atom. The molecule has 24 heavy (non-hydrogen) atoms. The number of carbonyl (C=O) groups excluding carboxylic acids is 1. The highest BCUT2D eigenvalue weighted by Gasteiger charge is 2.20. The van der Waals surface area contributed by atoms with Gasteiger partial charge in [-0.05, 0) is 18.1 Å². The second-order valence-corrected chi connectivity index (χ2v) is 7.76. The molecule has 2 aromatic carbocycles. The van der Waals surface area contributed by atoms with Crippen molar-refractivity contribution in [2.24, 2.45) is 0 Å². The van der Waals surface area contributed by atoms with Crippen LogP contribution in [0.5, 0.6) is 0 Å². The Morgan fingerprint density at radius 3 is 2.33 bits per heavy atom. The summed E-state index contributed by atoms with van der Waals surface area (Å²) in [5.41, 5.74) is 2.94. The van der Waals surface area contributed by atoms with Crippen molar-refractivity contribution in [2.75, 3.05) is 12.8 Å². The van der Waals surface area contributed by atoms with Crippen molar-refractivity contribution in [2.45, 2.75) is 20.0 Å². The van der Waals surface area contributed by atoms with Gasteiger partial charge in [-0.3, -0.25) is 4.79 Å². The van der Waals surface area contributed by atoms with Crippen LogP contribution in [0, 0.1) is 6.92 Å². The Bertz CT molecular complexity index is 789. The second-order valence-electron chi connectivity index (χ2n) is 5.78. The number of rotatable bonds is 7. The standard InChI is InChI=1S/C18H22N2O3S/c1-15-7-6-10-17(11-15)12-19-18(21)14-20(24(2,22)23)13-16-8-4-3-5-9-16/h3-11H,12-14H2,1-2H3,(H,19,21). The number of sulfonamides is 1. The van der Waals surface area contributed by atoms with Crippen LogP contribution in [0.25, 0.3) is 0 Å². The molecule has 1 amide bonds. The lowest BCUT2D eigenvalue weighted by Crippen LogP contribution is -2.39. The van der Waals surface area contributed by atoms with E-state index in [0.29, 0.717) is 6.54 Å². The zero-order chi connectivity index (χ0) is 17.6. The third-order valence-electron chi connectivity index (χ3n) is 3.56. The monoisotopic (exact) mass is 346 g/mol. The summed E-state index contributed by atoms with van der Waals surface area (Å²) in [7, 11) is -3.48. The minimum absolute atomic E-state index is 0.178. The van der Waals surface area contributed by atoms with Gasteiger partial charge in [-0.15, -0.1) is 0 Å². The number of nitrogens with zero attached hydrogens (tertiary/aromatic N) is 1. The number of carbonyl (C=O) groups is 1. The molecule has 0 aliphatic carbocycles. The first kappa shape index (κ1) is 18.2. The first-order chi connectivity index (χ1) is 11.3. The minimum atomic E-state index is -3.48. The first-order valence-electron chi connectivity index (χ1n) is 7.66. The van der Waals surface area contributed by atoms with E-state index >= 15 is 0 Å². The Morgan fingerprint density at radius 2 is 1.71 bits per heavy atom. The largest absolute Gasteiger partial charge is 0.351 e. The minimum Gasteiger partial charge on any atom is -0.351 e. The average molecular weight is 346 g/mol. The summed E-state index contributed by atoms with van der Waals surface area (Å²) in [5.74, 6) is -0.321. The number of benzene rings is 2. The van der Waals surface area contributed by atoms with Gasteiger partial charge in [-0.25, -0.2) is 8.42 Å². The number of hydrogen-bond donors (Lipinski definition) is 1. The molecule has 0 aromatic heterocycles. The maximum atomic E-state index is 12.1. The van der Waals surface area contributed by atoms with Crippen LogP contribution < -0.4 is 5.32 Å². The number of hydrogen-bond acceptors (Lipinski definition) is 3. The highest BCUT2D eigenvalue weighted by Crippen LogP contribution is 2.08. The van der Waals surface area contributed by atoms with Gasteiger partial charge in [0.1, 0.15) is 0 Å². The topological polar surface area (TPSA) is 66.5 Å². The predicted molar refractivity (Wildman–Crippen MR) is 94.7 cm³/mol. The van der Waals surface area contributed by atoms with Crippen molar-refractivity contribution < 1.29 is 13.2 Å². The molecule has 0 atom stereocenters. The van der Waals surface area contributed by atoms with E-state index in [4.69, 9.17) is 0 Å². The Kier molecular flexibility index (Phi) is 6.11. The molecule has 0 heterocycles. The maximum Gasteiger partial charge on any atom is 0.235 e. The van der Waals surface area contributed by atoms with Gasteiger partial charge in [0.25, 0.3) is 0 Å². The fourth-order valence-electron chi connectivity index (χ4n) is 2.32. The van der Waals surface area contributed by atoms with E-state index < -0.39 is 10.0 Å². The zero-order valence-corrected chi connectivity index (χ0v) is 14.7. The van der Waals surface area contributed by atoms with Gasteiger partial charge < -0.3 is 5.32 Å². The lowest BCUT2D eigenvalue weighted by atomic mass is 10.1. The molecule has 0 aliphatic heterocycles. The molecule has 0 radical (unpaired) electrons. The fourth-order valence-corrected chi connectivity index (χ4v) is 3.05. The van der Waals surface area contributed by atoms with Crippen molar-refractivity contribution in [1.29, 1.82) is 0 Å². The molecule has 6 heteroatoms. The highest BCUT2D eigenvalue weighted by molar-refractivity contribution is 7.88. The van der Waals surface area contributed by atoms with Crippen molar-refractivity contribution in [3.05, 3.63) is 71.3 Å². The third-order valence-corrected chi connectivity index (χ3v) is 4.76. The van der Waals surface area contributed by atoms with E-state index in [-0.39, 0.29) is 19.0 Å². The van der Waals surface area contributed by atoms with Gasteiger partial charge in [0.2, 0.25) is 15.9 Å². The SMILES string of the molecule is Cc1cccc(CNC(=O)CN(Cc2ccccc2)S(C)(=O)=O)c1. The maximum absolute atomic E-state index is 12.1. The molecule has 128 valence electrons. The summed E-state index contributed by atoms with van der Waals surface area (Å²) in [6.07, 6.45) is 1.11. The van der Waals surface area contributed by atoms with Crippen LogP contribution >= 0.6 is 0 Å². The Labute approximate surface area is 143 Å². The molecule has 2 aromatic rings. The van der Waals surface area contributed by atoms with Gasteiger partial charge in [0.05, 0.1) is 12.8 Å². The first-order valence-corrected chi connectivity index (χ1v) is 9.51. The van der Waals surface area contributed by atoms with E-state index in [1.165, 1.54) is 4.31 Å². The summed E-state index contributed by atoms with van der Waals surface area (Å²) >= 11 is 0. The lowest BCUT2D eigenvalue weighted by molar-refractivity contribution is -0.121. The molecule has 0 aliphatic rings. The Hall–Kier alpha value is -2.18. The van der Waals surface area contributed by atoms with E-state index in [0.717, 1.165) is 22.9 Å². The van der Waals surface area contributed by atoms with Gasteiger partial charge in [0.15, 0.2) is 0 Å². The summed E-state index contributed by atoms with van der Waals surface area (Å²) < 4.78 is 25.0. The molecular formula is C18H22N2O3S. The van der Waals surface area contributed by atoms with Gasteiger partial charge in [0, 0.05) is 13.1 Å². The van der Waals surface area contributed by atoms with Crippen LogP contribution in [-0.4, -0.2) is 31.4 Å². The molecule has 0 spiro atoms. The molecule has 2 rings (SSSR count). The van der Waals surface area contributed by atoms with E-state index in [1.807, 2.05) is 61.5 Å². The molecule has 5 nitrogen and oxygen atoms in total. The molecule has 0 saturated heterocycles. The van der Waals surface area contributed by atoms with E-state index in [1.54, 1.807) is 0 Å². The van der Waals surface area contributed by atoms with E-state index in [9.17, 15) is 13.2 Å². The second kappa shape index (κ2) is 8.08. The summed E-state index contributed by atoms with van der Waals surface area (Å²) in [6, 6.07) is 17.0. The van der Waals surface area contributed by atoms with Crippen molar-refractivity contribution >= 4 is 15.9 Å². The zero-order valence-electron chi connectivity index (χ0n) is 13.9. The van der Waals surface area contributed by atoms with Crippen LogP contribution in [0.3, 0.4) is 0 Å². The number of nitrogens with one attached hydrogen (secondary N) is 1. The van der Waals surface area contributed by atoms with Gasteiger partial charge in [-0.1, -0.05) is 60.2 Å². The van der Waals surface area contributed by atoms with Crippen LogP contribution in [0.2, 0.25) is 0 Å². The normalized spacial score (nSPS) is 11.5. The molecule has 1 N–H and O–H groups in total. The molecular weight excluding hydrogens is 324 g/mol. The molecule has 0 bridgehead atoms.